The number of nitrogens with one attached hydrogen (secondary N) is 1. The number of amides is 1. The Morgan fingerprint density at radius 2 is 1.93 bits per heavy atom. The van der Waals surface area contributed by atoms with Crippen LogP contribution in [0.2, 0.25) is 0 Å². The van der Waals surface area contributed by atoms with Crippen molar-refractivity contribution in [2.24, 2.45) is 0 Å². The Bertz CT molecular complexity index is 1180. The molecule has 4 aromatic rings. The molecule has 0 aliphatic carbocycles. The summed E-state index contributed by atoms with van der Waals surface area (Å²) in [7, 11) is 0. The number of benzene rings is 2. The summed E-state index contributed by atoms with van der Waals surface area (Å²) in [6.07, 6.45) is 3.57. The lowest BCUT2D eigenvalue weighted by Gasteiger charge is -2.20. The van der Waals surface area contributed by atoms with E-state index in [0.29, 0.717) is 29.4 Å². The minimum atomic E-state index is -0.193. The summed E-state index contributed by atoms with van der Waals surface area (Å²) in [6, 6.07) is 19.0. The fourth-order valence-electron chi connectivity index (χ4n) is 3.37. The Hall–Kier alpha value is -3.93. The molecule has 6 nitrogen and oxygen atoms in total. The molecule has 2 aromatic carbocycles. The first-order chi connectivity index (χ1) is 14.3. The van der Waals surface area contributed by atoms with Gasteiger partial charge < -0.3 is 14.6 Å². The van der Waals surface area contributed by atoms with Crippen molar-refractivity contribution >= 4 is 5.91 Å². The summed E-state index contributed by atoms with van der Waals surface area (Å²) >= 11 is 0. The van der Waals surface area contributed by atoms with Gasteiger partial charge in [-0.1, -0.05) is 35.5 Å². The monoisotopic (exact) mass is 383 g/mol. The first kappa shape index (κ1) is 17.2. The number of hydrogen-bond acceptors (Lipinski definition) is 5. The Labute approximate surface area is 167 Å². The van der Waals surface area contributed by atoms with Gasteiger partial charge in [-0.2, -0.15) is 0 Å². The normalized spacial score (nSPS) is 11.9. The zero-order valence-corrected chi connectivity index (χ0v) is 15.5. The highest BCUT2D eigenvalue weighted by Crippen LogP contribution is 2.37. The van der Waals surface area contributed by atoms with Crippen molar-refractivity contribution in [2.75, 3.05) is 0 Å². The van der Waals surface area contributed by atoms with E-state index in [0.717, 1.165) is 22.3 Å². The van der Waals surface area contributed by atoms with Crippen LogP contribution in [0.15, 0.2) is 77.6 Å². The van der Waals surface area contributed by atoms with Crippen molar-refractivity contribution < 1.29 is 14.1 Å². The first-order valence-electron chi connectivity index (χ1n) is 9.27. The quantitative estimate of drug-likeness (QED) is 0.571. The van der Waals surface area contributed by atoms with Gasteiger partial charge in [-0.3, -0.25) is 9.78 Å². The standard InChI is InChI=1S/C23H17N3O3/c27-23(25-13-18-11-21(29-26-18)15-4-2-1-3-5-15)16-6-7-20-19-8-9-24-12-17(19)14-28-22(20)10-16/h1-12H,13-14H2,(H,25,27). The van der Waals surface area contributed by atoms with Crippen LogP contribution in [0.1, 0.15) is 21.6 Å². The van der Waals surface area contributed by atoms with Crippen LogP contribution >= 0.6 is 0 Å². The molecule has 1 aliphatic rings. The maximum Gasteiger partial charge on any atom is 0.251 e. The molecule has 3 heterocycles. The lowest BCUT2D eigenvalue weighted by molar-refractivity contribution is 0.0949. The van der Waals surface area contributed by atoms with E-state index in [9.17, 15) is 4.79 Å². The van der Waals surface area contributed by atoms with E-state index < -0.39 is 0 Å². The number of nitrogens with zero attached hydrogens (tertiary/aromatic N) is 2. The smallest absolute Gasteiger partial charge is 0.251 e. The van der Waals surface area contributed by atoms with Crippen LogP contribution in [0.5, 0.6) is 5.75 Å². The molecule has 2 aromatic heterocycles. The van der Waals surface area contributed by atoms with Gasteiger partial charge in [0.05, 0.1) is 6.54 Å². The summed E-state index contributed by atoms with van der Waals surface area (Å²) in [6.45, 7) is 0.726. The predicted molar refractivity (Wildman–Crippen MR) is 107 cm³/mol. The Kier molecular flexibility index (Phi) is 4.29. The van der Waals surface area contributed by atoms with Crippen molar-refractivity contribution in [3.05, 3.63) is 89.9 Å². The Balaban J connectivity index is 1.29. The molecule has 1 N–H and O–H groups in total. The van der Waals surface area contributed by atoms with E-state index in [1.807, 2.05) is 48.5 Å². The lowest BCUT2D eigenvalue weighted by atomic mass is 9.97. The molecule has 0 atom stereocenters. The molecule has 0 saturated heterocycles. The number of hydrogen-bond donors (Lipinski definition) is 1. The van der Waals surface area contributed by atoms with Crippen molar-refractivity contribution in [3.63, 3.8) is 0 Å². The summed E-state index contributed by atoms with van der Waals surface area (Å²) in [5, 5.41) is 6.91. The van der Waals surface area contributed by atoms with E-state index in [1.165, 1.54) is 0 Å². The molecule has 29 heavy (non-hydrogen) atoms. The van der Waals surface area contributed by atoms with Crippen molar-refractivity contribution in [1.82, 2.24) is 15.5 Å². The third-order valence-electron chi connectivity index (χ3n) is 4.87. The second-order valence-corrected chi connectivity index (χ2v) is 6.76. The summed E-state index contributed by atoms with van der Waals surface area (Å²) in [5.41, 5.74) is 5.23. The van der Waals surface area contributed by atoms with E-state index in [2.05, 4.69) is 15.5 Å². The predicted octanol–water partition coefficient (Wildman–Crippen LogP) is 4.23. The number of pyridine rings is 1. The van der Waals surface area contributed by atoms with Gasteiger partial charge in [0, 0.05) is 40.7 Å². The number of aromatic nitrogens is 2. The average Bonchev–Trinajstić information content (AvgIpc) is 3.27. The largest absolute Gasteiger partial charge is 0.488 e. The zero-order valence-electron chi connectivity index (χ0n) is 15.5. The summed E-state index contributed by atoms with van der Waals surface area (Å²) < 4.78 is 11.2. The highest BCUT2D eigenvalue weighted by molar-refractivity contribution is 5.95. The van der Waals surface area contributed by atoms with Gasteiger partial charge in [-0.15, -0.1) is 0 Å². The number of ether oxygens (including phenoxy) is 1. The molecule has 0 saturated carbocycles. The highest BCUT2D eigenvalue weighted by Gasteiger charge is 2.19. The van der Waals surface area contributed by atoms with Crippen molar-refractivity contribution in [1.29, 1.82) is 0 Å². The van der Waals surface area contributed by atoms with Crippen LogP contribution in [0.3, 0.4) is 0 Å². The van der Waals surface area contributed by atoms with Gasteiger partial charge in [0.1, 0.15) is 18.1 Å². The second-order valence-electron chi connectivity index (χ2n) is 6.76. The Morgan fingerprint density at radius 1 is 1.03 bits per heavy atom. The molecule has 0 spiro atoms. The van der Waals surface area contributed by atoms with Crippen LogP contribution in [0.4, 0.5) is 0 Å². The summed E-state index contributed by atoms with van der Waals surface area (Å²) in [5.74, 6) is 1.18. The third kappa shape index (κ3) is 3.36. The molecule has 142 valence electrons. The van der Waals surface area contributed by atoms with Crippen molar-refractivity contribution in [3.8, 4) is 28.2 Å². The minimum absolute atomic E-state index is 0.193. The molecule has 0 bridgehead atoms. The Morgan fingerprint density at radius 3 is 2.83 bits per heavy atom. The van der Waals surface area contributed by atoms with Gasteiger partial charge >= 0.3 is 0 Å². The molecule has 0 radical (unpaired) electrons. The van der Waals surface area contributed by atoms with Gasteiger partial charge in [0.2, 0.25) is 0 Å². The molecular weight excluding hydrogens is 366 g/mol. The first-order valence-corrected chi connectivity index (χ1v) is 9.27. The fraction of sp³-hybridized carbons (Fsp3) is 0.0870. The SMILES string of the molecule is O=C(NCc1cc(-c2ccccc2)on1)c1ccc2c(c1)OCc1cnccc1-2. The number of fused-ring (bicyclic) bond motifs is 3. The van der Waals surface area contributed by atoms with Gasteiger partial charge in [0.25, 0.3) is 5.91 Å². The van der Waals surface area contributed by atoms with E-state index in [1.54, 1.807) is 24.5 Å². The summed E-state index contributed by atoms with van der Waals surface area (Å²) in [4.78, 5) is 16.7. The topological polar surface area (TPSA) is 77.2 Å². The lowest BCUT2D eigenvalue weighted by Crippen LogP contribution is -2.23. The van der Waals surface area contributed by atoms with Crippen molar-refractivity contribution in [2.45, 2.75) is 13.2 Å². The van der Waals surface area contributed by atoms with E-state index >= 15 is 0 Å². The number of carbonyl (C=O) groups is 1. The maximum atomic E-state index is 12.6. The molecular formula is C23H17N3O3. The second kappa shape index (κ2) is 7.24. The molecule has 6 heteroatoms. The maximum absolute atomic E-state index is 12.6. The van der Waals surface area contributed by atoms with E-state index in [-0.39, 0.29) is 12.5 Å². The van der Waals surface area contributed by atoms with Crippen LogP contribution in [-0.4, -0.2) is 16.0 Å². The van der Waals surface area contributed by atoms with Crippen LogP contribution in [0.25, 0.3) is 22.5 Å². The minimum Gasteiger partial charge on any atom is -0.488 e. The zero-order chi connectivity index (χ0) is 19.6. The van der Waals surface area contributed by atoms with Gasteiger partial charge in [-0.05, 0) is 29.8 Å². The number of carbonyl (C=O) groups excluding carboxylic acids is 1. The van der Waals surface area contributed by atoms with Crippen LogP contribution in [0, 0.1) is 0 Å². The van der Waals surface area contributed by atoms with Crippen LogP contribution < -0.4 is 10.1 Å². The fourth-order valence-corrected chi connectivity index (χ4v) is 3.37. The highest BCUT2D eigenvalue weighted by atomic mass is 16.5. The average molecular weight is 383 g/mol. The molecule has 0 unspecified atom stereocenters. The molecule has 0 fully saturated rings. The molecule has 1 aliphatic heterocycles. The molecule has 5 rings (SSSR count). The molecule has 1 amide bonds. The van der Waals surface area contributed by atoms with E-state index in [4.69, 9.17) is 9.26 Å². The van der Waals surface area contributed by atoms with Gasteiger partial charge in [-0.25, -0.2) is 0 Å². The van der Waals surface area contributed by atoms with Gasteiger partial charge in [0.15, 0.2) is 5.76 Å². The van der Waals surface area contributed by atoms with Crippen LogP contribution in [-0.2, 0) is 13.2 Å². The number of rotatable bonds is 4. The third-order valence-corrected chi connectivity index (χ3v) is 4.87.